The minimum atomic E-state index is -0.928. The molecule has 1 aromatic heterocycles. The minimum Gasteiger partial charge on any atom is -0.453 e. The third-order valence-electron chi connectivity index (χ3n) is 6.59. The Morgan fingerprint density at radius 1 is 0.709 bits per heavy atom. The number of hydrogen-bond acceptors (Lipinski definition) is 18. The van der Waals surface area contributed by atoms with Gasteiger partial charge in [-0.2, -0.15) is 5.10 Å². The maximum absolute atomic E-state index is 13.6. The van der Waals surface area contributed by atoms with Crippen LogP contribution in [-0.4, -0.2) is 68.2 Å². The van der Waals surface area contributed by atoms with Gasteiger partial charge in [0.05, 0.1) is 22.0 Å². The Labute approximate surface area is 317 Å². The second kappa shape index (κ2) is 20.7. The third kappa shape index (κ3) is 12.5. The number of nitrogens with one attached hydrogen (secondary N) is 1. The number of fused-ring (bicyclic) bond motifs is 1. The smallest absolute Gasteiger partial charge is 0.343 e. The lowest BCUT2D eigenvalue weighted by Crippen LogP contribution is -2.14. The van der Waals surface area contributed by atoms with Crippen LogP contribution >= 0.6 is 11.3 Å². The van der Waals surface area contributed by atoms with Crippen LogP contribution in [0.15, 0.2) is 97.7 Å². The number of hydrogen-bond donors (Lipinski definition) is 1. The van der Waals surface area contributed by atoms with Gasteiger partial charge in [-0.15, -0.1) is 0 Å². The second-order valence-corrected chi connectivity index (χ2v) is 11.2. The summed E-state index contributed by atoms with van der Waals surface area (Å²) in [6, 6.07) is 14.0. The van der Waals surface area contributed by atoms with Crippen molar-refractivity contribution in [1.82, 2.24) is 4.98 Å². The number of esters is 5. The molecule has 4 aromatic rings. The van der Waals surface area contributed by atoms with E-state index in [1.165, 1.54) is 47.9 Å². The molecule has 4 rings (SSSR count). The van der Waals surface area contributed by atoms with Gasteiger partial charge in [0.25, 0.3) is 0 Å². The average molecular weight is 776 g/mol. The molecule has 0 spiro atoms. The first-order valence-electron chi connectivity index (χ1n) is 15.9. The fourth-order valence-electron chi connectivity index (χ4n) is 3.97. The molecule has 1 heterocycles. The molecule has 0 aliphatic heterocycles. The predicted molar refractivity (Wildman–Crippen MR) is 196 cm³/mol. The molecule has 0 bridgehead atoms. The van der Waals surface area contributed by atoms with Crippen molar-refractivity contribution in [2.24, 2.45) is 5.10 Å². The summed E-state index contributed by atoms with van der Waals surface area (Å²) in [5.74, 6) is -4.09. The summed E-state index contributed by atoms with van der Waals surface area (Å²) >= 11 is 1.35. The second-order valence-electron chi connectivity index (χ2n) is 10.2. The van der Waals surface area contributed by atoms with Gasteiger partial charge in [0.1, 0.15) is 5.75 Å². The van der Waals surface area contributed by atoms with Crippen molar-refractivity contribution in [2.45, 2.75) is 13.3 Å². The summed E-state index contributed by atoms with van der Waals surface area (Å²) in [6.45, 7) is 9.33. The highest BCUT2D eigenvalue weighted by molar-refractivity contribution is 7.22. The Bertz CT molecular complexity index is 2060. The lowest BCUT2D eigenvalue weighted by atomic mass is 10.1. The number of carbonyl (C=O) groups is 5. The van der Waals surface area contributed by atoms with E-state index in [4.69, 9.17) is 42.6 Å². The number of benzene rings is 3. The number of ether oxygens (including phenoxy) is 9. The molecule has 0 unspecified atom stereocenters. The Morgan fingerprint density at radius 2 is 1.27 bits per heavy atom. The van der Waals surface area contributed by atoms with E-state index in [1.54, 1.807) is 6.92 Å². The van der Waals surface area contributed by atoms with E-state index in [0.29, 0.717) is 5.13 Å². The number of rotatable bonds is 21. The van der Waals surface area contributed by atoms with Crippen LogP contribution in [0.4, 0.5) is 5.13 Å². The summed E-state index contributed by atoms with van der Waals surface area (Å²) in [7, 11) is 0. The Hall–Kier alpha value is -7.21. The summed E-state index contributed by atoms with van der Waals surface area (Å²) in [5.41, 5.74) is 3.66. The van der Waals surface area contributed by atoms with Gasteiger partial charge in [0.2, 0.25) is 32.3 Å². The molecule has 18 heteroatoms. The topological polar surface area (TPSA) is 206 Å². The molecule has 17 nitrogen and oxygen atoms in total. The molecule has 0 aliphatic carbocycles. The lowest BCUT2D eigenvalue weighted by Gasteiger charge is -2.16. The van der Waals surface area contributed by atoms with E-state index >= 15 is 0 Å². The number of nitrogens with zero attached hydrogens (tertiary/aromatic N) is 2. The highest BCUT2D eigenvalue weighted by Gasteiger charge is 2.20. The first-order valence-corrected chi connectivity index (χ1v) is 16.7. The molecule has 0 saturated heterocycles. The monoisotopic (exact) mass is 775 g/mol. The van der Waals surface area contributed by atoms with Crippen LogP contribution in [0.5, 0.6) is 28.7 Å². The molecule has 55 heavy (non-hydrogen) atoms. The van der Waals surface area contributed by atoms with Crippen molar-refractivity contribution in [3.05, 3.63) is 104 Å². The van der Waals surface area contributed by atoms with Crippen molar-refractivity contribution in [1.29, 1.82) is 0 Å². The number of anilines is 1. The summed E-state index contributed by atoms with van der Waals surface area (Å²) < 4.78 is 48.6. The third-order valence-corrected chi connectivity index (χ3v) is 7.53. The van der Waals surface area contributed by atoms with Crippen molar-refractivity contribution in [3.63, 3.8) is 0 Å². The van der Waals surface area contributed by atoms with Crippen LogP contribution in [0.1, 0.15) is 29.3 Å². The largest absolute Gasteiger partial charge is 0.453 e. The normalized spacial score (nSPS) is 10.4. The van der Waals surface area contributed by atoms with Gasteiger partial charge < -0.3 is 42.6 Å². The fourth-order valence-corrected chi connectivity index (χ4v) is 4.78. The molecule has 3 aromatic carbocycles. The van der Waals surface area contributed by atoms with E-state index in [1.807, 2.05) is 24.3 Å². The van der Waals surface area contributed by atoms with Crippen molar-refractivity contribution < 1.29 is 66.6 Å². The quantitative estimate of drug-likeness (QED) is 0.0212. The molecular weight excluding hydrogens is 742 g/mol. The number of carbonyl (C=O) groups excluding carboxylic acids is 5. The molecular formula is C37H33N3O14S. The minimum absolute atomic E-state index is 0.0345. The van der Waals surface area contributed by atoms with E-state index in [-0.39, 0.29) is 46.3 Å². The van der Waals surface area contributed by atoms with Crippen molar-refractivity contribution >= 4 is 62.7 Å². The van der Waals surface area contributed by atoms with E-state index in [9.17, 15) is 24.0 Å². The standard InChI is InChI=1S/C37H33N3O14S/c1-5-32(41)50-19-46-26-14-13-23(15-28(26)47-20-51-33(42)6-2)36(45)54-27-17-30(49-22-53-35(44)8-4)29(48-21-52-34(43)7-3)16-24(27)18-38-40-37-39-25-11-9-10-12-31(25)55-37/h6-18H,2-5,19-22H2,1H3,(H,39,40)/b38-18+. The van der Waals surface area contributed by atoms with Crippen LogP contribution in [0, 0.1) is 0 Å². The Kier molecular flexibility index (Phi) is 15.3. The molecule has 0 amide bonds. The van der Waals surface area contributed by atoms with Crippen LogP contribution in [0.3, 0.4) is 0 Å². The first kappa shape index (κ1) is 40.6. The number of hydrazone groups is 1. The summed E-state index contributed by atoms with van der Waals surface area (Å²) in [6.07, 6.45) is 4.21. The molecule has 0 radical (unpaired) electrons. The molecule has 0 fully saturated rings. The molecule has 0 saturated carbocycles. The molecule has 0 atom stereocenters. The van der Waals surface area contributed by atoms with Gasteiger partial charge in [-0.05, 0) is 36.4 Å². The van der Waals surface area contributed by atoms with E-state index in [0.717, 1.165) is 28.4 Å². The zero-order chi connectivity index (χ0) is 39.6. The van der Waals surface area contributed by atoms with Crippen molar-refractivity contribution in [2.75, 3.05) is 32.6 Å². The number of aromatic nitrogens is 1. The molecule has 0 aliphatic rings. The maximum atomic E-state index is 13.6. The van der Waals surface area contributed by atoms with Gasteiger partial charge in [0.15, 0.2) is 23.0 Å². The summed E-state index contributed by atoms with van der Waals surface area (Å²) in [5, 5.41) is 4.71. The van der Waals surface area contributed by atoms with Crippen LogP contribution in [0.25, 0.3) is 10.2 Å². The highest BCUT2D eigenvalue weighted by Crippen LogP contribution is 2.36. The first-order chi connectivity index (χ1) is 26.6. The van der Waals surface area contributed by atoms with Gasteiger partial charge in [-0.3, -0.25) is 10.2 Å². The van der Waals surface area contributed by atoms with Crippen LogP contribution in [-0.2, 0) is 38.1 Å². The molecule has 286 valence electrons. The van der Waals surface area contributed by atoms with E-state index < -0.39 is 57.0 Å². The van der Waals surface area contributed by atoms with Gasteiger partial charge in [-0.1, -0.05) is 50.1 Å². The van der Waals surface area contributed by atoms with Crippen molar-refractivity contribution in [3.8, 4) is 28.7 Å². The Balaban J connectivity index is 1.68. The SMILES string of the molecule is C=CC(=O)OCOc1cc(/C=N/Nc2nc3ccccc3s2)c(OC(=O)c2ccc(OCOC(=O)CC)c(OCOC(=O)C=C)c2)cc1OCOC(=O)C=C. The number of para-hydroxylation sites is 1. The number of thiazole rings is 1. The van der Waals surface area contributed by atoms with Gasteiger partial charge >= 0.3 is 29.8 Å². The van der Waals surface area contributed by atoms with Crippen LogP contribution < -0.4 is 29.1 Å². The predicted octanol–water partition coefficient (Wildman–Crippen LogP) is 5.45. The van der Waals surface area contributed by atoms with E-state index in [2.05, 4.69) is 35.2 Å². The fraction of sp³-hybridized carbons (Fsp3) is 0.162. The lowest BCUT2D eigenvalue weighted by molar-refractivity contribution is -0.150. The summed E-state index contributed by atoms with van der Waals surface area (Å²) in [4.78, 5) is 64.6. The van der Waals surface area contributed by atoms with Gasteiger partial charge in [0, 0.05) is 36.3 Å². The Morgan fingerprint density at radius 3 is 1.87 bits per heavy atom. The van der Waals surface area contributed by atoms with Gasteiger partial charge in [-0.25, -0.2) is 24.2 Å². The molecule has 1 N–H and O–H groups in total. The zero-order valence-electron chi connectivity index (χ0n) is 29.2. The average Bonchev–Trinajstić information content (AvgIpc) is 3.61. The maximum Gasteiger partial charge on any atom is 0.343 e. The zero-order valence-corrected chi connectivity index (χ0v) is 30.0. The van der Waals surface area contributed by atoms with Crippen LogP contribution in [0.2, 0.25) is 0 Å². The highest BCUT2D eigenvalue weighted by atomic mass is 32.1.